The van der Waals surface area contributed by atoms with Crippen molar-refractivity contribution in [3.8, 4) is 0 Å². The fourth-order valence-corrected chi connectivity index (χ4v) is 4.64. The van der Waals surface area contributed by atoms with E-state index in [0.29, 0.717) is 18.4 Å². The summed E-state index contributed by atoms with van der Waals surface area (Å²) in [5, 5.41) is 0.793. The van der Waals surface area contributed by atoms with Gasteiger partial charge in [-0.3, -0.25) is 4.79 Å². The average molecular weight is 416 g/mol. The minimum Gasteiger partial charge on any atom is -0.451 e. The normalized spacial score (nSPS) is 23.0. The second-order valence-corrected chi connectivity index (χ2v) is 8.03. The number of carbonyl (C=O) groups is 1. The van der Waals surface area contributed by atoms with Crippen molar-refractivity contribution in [1.29, 1.82) is 0 Å². The number of hydrogen-bond acceptors (Lipinski definition) is 2. The van der Waals surface area contributed by atoms with Gasteiger partial charge in [-0.2, -0.15) is 13.2 Å². The summed E-state index contributed by atoms with van der Waals surface area (Å²) >= 11 is 3.37. The van der Waals surface area contributed by atoms with Crippen LogP contribution < -0.4 is 0 Å². The fraction of sp³-hybridized carbons (Fsp3) is 0.500. The number of rotatable bonds is 1. The lowest BCUT2D eigenvalue weighted by molar-refractivity contribution is -0.235. The van der Waals surface area contributed by atoms with Gasteiger partial charge in [-0.05, 0) is 48.9 Å². The molecule has 1 aromatic heterocycles. The van der Waals surface area contributed by atoms with Gasteiger partial charge in [-0.25, -0.2) is 0 Å². The molecule has 0 N–H and O–H groups in total. The number of fused-ring (bicyclic) bond motifs is 1. The summed E-state index contributed by atoms with van der Waals surface area (Å²) in [6.07, 6.45) is -2.35. The van der Waals surface area contributed by atoms with Crippen LogP contribution in [0.25, 0.3) is 11.0 Å². The molecule has 3 nitrogen and oxygen atoms in total. The number of alkyl halides is 3. The van der Waals surface area contributed by atoms with E-state index < -0.39 is 17.5 Å². The number of hydrogen-bond donors (Lipinski definition) is 0. The van der Waals surface area contributed by atoms with Crippen LogP contribution in [0.15, 0.2) is 33.2 Å². The Morgan fingerprint density at radius 1 is 1.28 bits per heavy atom. The average Bonchev–Trinajstić information content (AvgIpc) is 2.94. The first-order valence-corrected chi connectivity index (χ1v) is 9.13. The molecule has 1 atom stereocenters. The number of piperidine rings is 1. The summed E-state index contributed by atoms with van der Waals surface area (Å²) in [5.41, 5.74) is -0.212. The summed E-state index contributed by atoms with van der Waals surface area (Å²) in [7, 11) is 0. The minimum atomic E-state index is -4.19. The lowest BCUT2D eigenvalue weighted by atomic mass is 9.58. The number of carbonyl (C=O) groups excluding carboxylic acids is 1. The molecular weight excluding hydrogens is 399 g/mol. The molecule has 1 aliphatic carbocycles. The molecule has 0 bridgehead atoms. The van der Waals surface area contributed by atoms with Crippen LogP contribution in [0.3, 0.4) is 0 Å². The van der Waals surface area contributed by atoms with Gasteiger partial charge < -0.3 is 9.32 Å². The van der Waals surface area contributed by atoms with Crippen molar-refractivity contribution in [3.05, 3.63) is 34.5 Å². The minimum absolute atomic E-state index is 0.0268. The van der Waals surface area contributed by atoms with Crippen LogP contribution in [0.2, 0.25) is 0 Å². The summed E-state index contributed by atoms with van der Waals surface area (Å²) in [4.78, 5) is 14.3. The van der Waals surface area contributed by atoms with E-state index in [2.05, 4.69) is 15.9 Å². The van der Waals surface area contributed by atoms with E-state index in [1.807, 2.05) is 12.1 Å². The fourth-order valence-electron chi connectivity index (χ4n) is 4.26. The zero-order chi connectivity index (χ0) is 17.8. The zero-order valence-electron chi connectivity index (χ0n) is 13.4. The third kappa shape index (κ3) is 2.86. The van der Waals surface area contributed by atoms with Crippen LogP contribution >= 0.6 is 15.9 Å². The van der Waals surface area contributed by atoms with Crippen LogP contribution in [-0.2, 0) is 0 Å². The van der Waals surface area contributed by atoms with Gasteiger partial charge >= 0.3 is 6.18 Å². The molecule has 1 aliphatic heterocycles. The largest absolute Gasteiger partial charge is 0.451 e. The Hall–Kier alpha value is -1.50. The summed E-state index contributed by atoms with van der Waals surface area (Å²) < 4.78 is 46.6. The van der Waals surface area contributed by atoms with Crippen molar-refractivity contribution < 1.29 is 22.4 Å². The molecule has 7 heteroatoms. The van der Waals surface area contributed by atoms with Gasteiger partial charge in [0, 0.05) is 22.9 Å². The molecule has 0 unspecified atom stereocenters. The first kappa shape index (κ1) is 16.9. The second kappa shape index (κ2) is 5.76. The lowest BCUT2D eigenvalue weighted by Gasteiger charge is -2.53. The van der Waals surface area contributed by atoms with Crippen molar-refractivity contribution >= 4 is 32.8 Å². The van der Waals surface area contributed by atoms with Gasteiger partial charge in [0.05, 0.1) is 5.92 Å². The monoisotopic (exact) mass is 415 g/mol. The lowest BCUT2D eigenvalue weighted by Crippen LogP contribution is -2.57. The summed E-state index contributed by atoms with van der Waals surface area (Å²) in [6, 6.07) is 7.09. The number of amides is 1. The SMILES string of the molecule is O=C(c1cc2cc(Br)ccc2o1)N1CC[C@@H](C(F)(F)F)C2(CCC2)C1. The molecule has 1 spiro atoms. The van der Waals surface area contributed by atoms with Crippen LogP contribution in [0, 0.1) is 11.3 Å². The quantitative estimate of drug-likeness (QED) is 0.625. The van der Waals surface area contributed by atoms with Gasteiger partial charge in [-0.1, -0.05) is 22.4 Å². The van der Waals surface area contributed by atoms with Crippen molar-refractivity contribution in [2.24, 2.45) is 11.3 Å². The highest BCUT2D eigenvalue weighted by Gasteiger charge is 2.58. The van der Waals surface area contributed by atoms with E-state index in [0.717, 1.165) is 16.3 Å². The molecule has 134 valence electrons. The predicted octanol–water partition coefficient (Wildman–Crippen LogP) is 5.39. The molecule has 2 aliphatic rings. The van der Waals surface area contributed by atoms with E-state index in [4.69, 9.17) is 4.42 Å². The molecule has 1 saturated heterocycles. The van der Waals surface area contributed by atoms with E-state index in [1.54, 1.807) is 12.1 Å². The third-order valence-electron chi connectivity index (χ3n) is 5.65. The Balaban J connectivity index is 1.58. The van der Waals surface area contributed by atoms with Crippen molar-refractivity contribution in [3.63, 3.8) is 0 Å². The molecule has 0 radical (unpaired) electrons. The highest BCUT2D eigenvalue weighted by molar-refractivity contribution is 9.10. The van der Waals surface area contributed by atoms with Gasteiger partial charge in [-0.15, -0.1) is 0 Å². The van der Waals surface area contributed by atoms with E-state index >= 15 is 0 Å². The molecule has 2 fully saturated rings. The Bertz CT molecular complexity index is 825. The van der Waals surface area contributed by atoms with E-state index in [9.17, 15) is 18.0 Å². The van der Waals surface area contributed by atoms with Crippen LogP contribution in [0.5, 0.6) is 0 Å². The number of furan rings is 1. The Morgan fingerprint density at radius 2 is 2.04 bits per heavy atom. The number of likely N-dealkylation sites (tertiary alicyclic amines) is 1. The molecule has 2 heterocycles. The maximum Gasteiger partial charge on any atom is 0.392 e. The van der Waals surface area contributed by atoms with Gasteiger partial charge in [0.15, 0.2) is 5.76 Å². The van der Waals surface area contributed by atoms with E-state index in [1.165, 1.54) is 4.90 Å². The second-order valence-electron chi connectivity index (χ2n) is 7.12. The summed E-state index contributed by atoms with van der Waals surface area (Å²) in [5.74, 6) is -1.43. The van der Waals surface area contributed by atoms with Gasteiger partial charge in [0.25, 0.3) is 5.91 Å². The molecule has 2 aromatic rings. The number of halogens is 4. The number of nitrogens with zero attached hydrogens (tertiary/aromatic N) is 1. The van der Waals surface area contributed by atoms with Crippen LogP contribution in [-0.4, -0.2) is 30.1 Å². The van der Waals surface area contributed by atoms with Gasteiger partial charge in [0.2, 0.25) is 0 Å². The third-order valence-corrected chi connectivity index (χ3v) is 6.15. The first-order valence-electron chi connectivity index (χ1n) is 8.34. The maximum atomic E-state index is 13.4. The van der Waals surface area contributed by atoms with Gasteiger partial charge in [0.1, 0.15) is 5.58 Å². The molecule has 1 saturated carbocycles. The standard InChI is InChI=1S/C18H17BrF3NO2/c19-12-2-3-13-11(8-12)9-14(25-13)16(24)23-7-4-15(18(20,21)22)17(10-23)5-1-6-17/h2-3,8-9,15H,1,4-7,10H2/t15-/m1/s1. The van der Waals surface area contributed by atoms with Crippen molar-refractivity contribution in [2.75, 3.05) is 13.1 Å². The smallest absolute Gasteiger partial charge is 0.392 e. The predicted molar refractivity (Wildman–Crippen MR) is 90.3 cm³/mol. The number of benzene rings is 1. The zero-order valence-corrected chi connectivity index (χ0v) is 15.0. The molecule has 1 aromatic carbocycles. The molecule has 4 rings (SSSR count). The van der Waals surface area contributed by atoms with Crippen molar-refractivity contribution in [2.45, 2.75) is 31.9 Å². The van der Waals surface area contributed by atoms with Crippen molar-refractivity contribution in [1.82, 2.24) is 4.90 Å². The Morgan fingerprint density at radius 3 is 2.68 bits per heavy atom. The Labute approximate surface area is 151 Å². The van der Waals surface area contributed by atoms with E-state index in [-0.39, 0.29) is 31.2 Å². The topological polar surface area (TPSA) is 33.5 Å². The maximum absolute atomic E-state index is 13.4. The highest BCUT2D eigenvalue weighted by Crippen LogP contribution is 2.56. The molecular formula is C18H17BrF3NO2. The summed E-state index contributed by atoms with van der Waals surface area (Å²) in [6.45, 7) is 0.280. The molecule has 25 heavy (non-hydrogen) atoms. The van der Waals surface area contributed by atoms with Crippen LogP contribution in [0.4, 0.5) is 13.2 Å². The highest BCUT2D eigenvalue weighted by atomic mass is 79.9. The first-order chi connectivity index (χ1) is 11.8. The Kier molecular flexibility index (Phi) is 3.90. The molecule has 1 amide bonds. The van der Waals surface area contributed by atoms with Crippen LogP contribution in [0.1, 0.15) is 36.2 Å².